The lowest BCUT2D eigenvalue weighted by atomic mass is 9.95. The lowest BCUT2D eigenvalue weighted by molar-refractivity contribution is 0.545. The van der Waals surface area contributed by atoms with E-state index in [0.29, 0.717) is 0 Å². The molecule has 2 aromatic carbocycles. The van der Waals surface area contributed by atoms with Crippen LogP contribution in [0.1, 0.15) is 35.2 Å². The Morgan fingerprint density at radius 3 is 2.48 bits per heavy atom. The van der Waals surface area contributed by atoms with E-state index in [1.54, 1.807) is 6.07 Å². The SMILES string of the molecule is CCNC(Cc1cc(F)ccc1C)c1ccc(C)c(Br)c1. The molecule has 0 aromatic heterocycles. The van der Waals surface area contributed by atoms with Crippen molar-refractivity contribution in [1.82, 2.24) is 5.32 Å². The van der Waals surface area contributed by atoms with Crippen molar-refractivity contribution in [2.75, 3.05) is 6.54 Å². The van der Waals surface area contributed by atoms with Crippen LogP contribution in [-0.4, -0.2) is 6.54 Å². The lowest BCUT2D eigenvalue weighted by Gasteiger charge is -2.20. The van der Waals surface area contributed by atoms with Gasteiger partial charge in [-0.15, -0.1) is 0 Å². The molecule has 0 aliphatic heterocycles. The average Bonchev–Trinajstić information content (AvgIpc) is 2.45. The fourth-order valence-corrected chi connectivity index (χ4v) is 2.86. The average molecular weight is 350 g/mol. The Bertz CT molecular complexity index is 625. The van der Waals surface area contributed by atoms with Gasteiger partial charge in [0.25, 0.3) is 0 Å². The van der Waals surface area contributed by atoms with Gasteiger partial charge >= 0.3 is 0 Å². The maximum atomic E-state index is 13.5. The maximum Gasteiger partial charge on any atom is 0.123 e. The molecule has 0 amide bonds. The second-order valence-corrected chi connectivity index (χ2v) is 6.25. The van der Waals surface area contributed by atoms with E-state index in [1.807, 2.05) is 13.0 Å². The molecule has 0 spiro atoms. The molecule has 112 valence electrons. The fraction of sp³-hybridized carbons (Fsp3) is 0.333. The van der Waals surface area contributed by atoms with Crippen LogP contribution in [0.25, 0.3) is 0 Å². The van der Waals surface area contributed by atoms with E-state index in [1.165, 1.54) is 17.2 Å². The number of hydrogen-bond acceptors (Lipinski definition) is 1. The number of benzene rings is 2. The molecule has 0 fully saturated rings. The van der Waals surface area contributed by atoms with Gasteiger partial charge in [-0.05, 0) is 67.3 Å². The van der Waals surface area contributed by atoms with E-state index in [4.69, 9.17) is 0 Å². The van der Waals surface area contributed by atoms with Gasteiger partial charge in [-0.2, -0.15) is 0 Å². The molecule has 1 atom stereocenters. The summed E-state index contributed by atoms with van der Waals surface area (Å²) in [7, 11) is 0. The molecule has 0 aliphatic carbocycles. The zero-order valence-corrected chi connectivity index (χ0v) is 14.3. The van der Waals surface area contributed by atoms with Crippen LogP contribution >= 0.6 is 15.9 Å². The van der Waals surface area contributed by atoms with E-state index in [9.17, 15) is 4.39 Å². The summed E-state index contributed by atoms with van der Waals surface area (Å²) in [4.78, 5) is 0. The molecule has 2 rings (SSSR count). The molecule has 1 N–H and O–H groups in total. The summed E-state index contributed by atoms with van der Waals surface area (Å²) in [5.74, 6) is -0.170. The molecule has 1 unspecified atom stereocenters. The largest absolute Gasteiger partial charge is 0.310 e. The monoisotopic (exact) mass is 349 g/mol. The van der Waals surface area contributed by atoms with Crippen LogP contribution in [0.2, 0.25) is 0 Å². The zero-order valence-electron chi connectivity index (χ0n) is 12.7. The Morgan fingerprint density at radius 1 is 1.10 bits per heavy atom. The van der Waals surface area contributed by atoms with Gasteiger partial charge in [-0.3, -0.25) is 0 Å². The van der Waals surface area contributed by atoms with Crippen LogP contribution in [0.15, 0.2) is 40.9 Å². The third kappa shape index (κ3) is 4.14. The van der Waals surface area contributed by atoms with E-state index < -0.39 is 0 Å². The molecular weight excluding hydrogens is 329 g/mol. The van der Waals surface area contributed by atoms with Gasteiger partial charge in [-0.25, -0.2) is 4.39 Å². The first-order valence-corrected chi connectivity index (χ1v) is 8.05. The van der Waals surface area contributed by atoms with Crippen LogP contribution in [-0.2, 0) is 6.42 Å². The Kier molecular flexibility index (Phi) is 5.54. The number of rotatable bonds is 5. The highest BCUT2D eigenvalue weighted by Crippen LogP contribution is 2.25. The minimum absolute atomic E-state index is 0.170. The van der Waals surface area contributed by atoms with Gasteiger partial charge in [-0.1, -0.05) is 41.1 Å². The number of nitrogens with one attached hydrogen (secondary N) is 1. The topological polar surface area (TPSA) is 12.0 Å². The molecule has 0 bridgehead atoms. The lowest BCUT2D eigenvalue weighted by Crippen LogP contribution is -2.23. The summed E-state index contributed by atoms with van der Waals surface area (Å²) in [6.45, 7) is 7.08. The highest BCUT2D eigenvalue weighted by molar-refractivity contribution is 9.10. The van der Waals surface area contributed by atoms with Crippen LogP contribution in [0, 0.1) is 19.7 Å². The summed E-state index contributed by atoms with van der Waals surface area (Å²) in [6.07, 6.45) is 0.785. The van der Waals surface area contributed by atoms with Gasteiger partial charge < -0.3 is 5.32 Å². The normalized spacial score (nSPS) is 12.4. The Morgan fingerprint density at radius 2 is 1.81 bits per heavy atom. The summed E-state index contributed by atoms with van der Waals surface area (Å²) in [6, 6.07) is 11.6. The Labute approximate surface area is 134 Å². The summed E-state index contributed by atoms with van der Waals surface area (Å²) in [5.41, 5.74) is 4.62. The smallest absolute Gasteiger partial charge is 0.123 e. The van der Waals surface area contributed by atoms with E-state index >= 15 is 0 Å². The van der Waals surface area contributed by atoms with Gasteiger partial charge in [0.2, 0.25) is 0 Å². The molecule has 3 heteroatoms. The number of likely N-dealkylation sites (N-methyl/N-ethyl adjacent to an activating group) is 1. The van der Waals surface area contributed by atoms with Gasteiger partial charge in [0.15, 0.2) is 0 Å². The summed E-state index contributed by atoms with van der Waals surface area (Å²) < 4.78 is 14.6. The van der Waals surface area contributed by atoms with Crippen molar-refractivity contribution in [3.05, 3.63) is 68.9 Å². The molecule has 0 saturated heterocycles. The van der Waals surface area contributed by atoms with Crippen molar-refractivity contribution in [2.24, 2.45) is 0 Å². The predicted octanol–water partition coefficient (Wildman–Crippen LogP) is 5.10. The first-order valence-electron chi connectivity index (χ1n) is 7.25. The molecule has 0 saturated carbocycles. The van der Waals surface area contributed by atoms with Crippen LogP contribution in [0.4, 0.5) is 4.39 Å². The van der Waals surface area contributed by atoms with Crippen LogP contribution < -0.4 is 5.32 Å². The van der Waals surface area contributed by atoms with E-state index in [2.05, 4.69) is 53.3 Å². The Hall–Kier alpha value is -1.19. The number of aryl methyl sites for hydroxylation is 2. The van der Waals surface area contributed by atoms with Crippen molar-refractivity contribution in [2.45, 2.75) is 33.2 Å². The number of hydrogen-bond donors (Lipinski definition) is 1. The molecule has 0 radical (unpaired) electrons. The van der Waals surface area contributed by atoms with Crippen molar-refractivity contribution >= 4 is 15.9 Å². The van der Waals surface area contributed by atoms with Crippen molar-refractivity contribution in [1.29, 1.82) is 0 Å². The first kappa shape index (κ1) is 16.2. The summed E-state index contributed by atoms with van der Waals surface area (Å²) >= 11 is 3.59. The maximum absolute atomic E-state index is 13.5. The van der Waals surface area contributed by atoms with Gasteiger partial charge in [0, 0.05) is 10.5 Å². The quantitative estimate of drug-likeness (QED) is 0.791. The van der Waals surface area contributed by atoms with Crippen LogP contribution in [0.3, 0.4) is 0 Å². The minimum atomic E-state index is -0.170. The molecule has 2 aromatic rings. The third-order valence-electron chi connectivity index (χ3n) is 3.78. The number of halogens is 2. The Balaban J connectivity index is 2.30. The predicted molar refractivity (Wildman–Crippen MR) is 90.1 cm³/mol. The molecule has 1 nitrogen and oxygen atoms in total. The van der Waals surface area contributed by atoms with Crippen LogP contribution in [0.5, 0.6) is 0 Å². The van der Waals surface area contributed by atoms with Crippen molar-refractivity contribution < 1.29 is 4.39 Å². The standard InChI is InChI=1S/C18H21BrFN/c1-4-21-18(14-7-5-13(3)17(19)10-14)11-15-9-16(20)8-6-12(15)2/h5-10,18,21H,4,11H2,1-3H3. The van der Waals surface area contributed by atoms with Crippen molar-refractivity contribution in [3.63, 3.8) is 0 Å². The fourth-order valence-electron chi connectivity index (χ4n) is 2.46. The molecule has 21 heavy (non-hydrogen) atoms. The highest BCUT2D eigenvalue weighted by atomic mass is 79.9. The molecule has 0 heterocycles. The molecular formula is C18H21BrFN. The summed E-state index contributed by atoms with van der Waals surface area (Å²) in [5, 5.41) is 3.50. The van der Waals surface area contributed by atoms with E-state index in [-0.39, 0.29) is 11.9 Å². The third-order valence-corrected chi connectivity index (χ3v) is 4.64. The zero-order chi connectivity index (χ0) is 15.4. The highest BCUT2D eigenvalue weighted by Gasteiger charge is 2.14. The second kappa shape index (κ2) is 7.19. The van der Waals surface area contributed by atoms with Gasteiger partial charge in [0.1, 0.15) is 5.82 Å². The second-order valence-electron chi connectivity index (χ2n) is 5.39. The van der Waals surface area contributed by atoms with E-state index in [0.717, 1.165) is 28.6 Å². The minimum Gasteiger partial charge on any atom is -0.310 e. The van der Waals surface area contributed by atoms with Crippen molar-refractivity contribution in [3.8, 4) is 0 Å². The van der Waals surface area contributed by atoms with Gasteiger partial charge in [0.05, 0.1) is 0 Å². The molecule has 0 aliphatic rings. The first-order chi connectivity index (χ1) is 10.0.